The van der Waals surface area contributed by atoms with E-state index in [2.05, 4.69) is 21.2 Å². The van der Waals surface area contributed by atoms with Crippen molar-refractivity contribution in [2.24, 2.45) is 0 Å². The zero-order valence-corrected chi connectivity index (χ0v) is 13.4. The van der Waals surface area contributed by atoms with Crippen LogP contribution in [0.3, 0.4) is 0 Å². The summed E-state index contributed by atoms with van der Waals surface area (Å²) in [6.07, 6.45) is 2.36. The SMILES string of the molecule is CC(C)OC(=O)COc1ccc(Br)cc1CNC1CC1. The molecule has 0 spiro atoms. The molecule has 0 heterocycles. The summed E-state index contributed by atoms with van der Waals surface area (Å²) in [7, 11) is 0. The molecule has 4 nitrogen and oxygen atoms in total. The second kappa shape index (κ2) is 7.09. The van der Waals surface area contributed by atoms with Crippen molar-refractivity contribution in [1.82, 2.24) is 5.32 Å². The third kappa shape index (κ3) is 5.13. The Labute approximate surface area is 128 Å². The molecule has 1 saturated carbocycles. The van der Waals surface area contributed by atoms with Gasteiger partial charge in [0, 0.05) is 22.6 Å². The van der Waals surface area contributed by atoms with Crippen LogP contribution in [0.25, 0.3) is 0 Å². The topological polar surface area (TPSA) is 47.6 Å². The zero-order chi connectivity index (χ0) is 14.5. The second-order valence-corrected chi connectivity index (χ2v) is 6.15. The van der Waals surface area contributed by atoms with Crippen molar-refractivity contribution in [3.05, 3.63) is 28.2 Å². The van der Waals surface area contributed by atoms with E-state index >= 15 is 0 Å². The van der Waals surface area contributed by atoms with Crippen LogP contribution in [0.5, 0.6) is 5.75 Å². The Morgan fingerprint density at radius 2 is 2.20 bits per heavy atom. The van der Waals surface area contributed by atoms with Gasteiger partial charge in [0.25, 0.3) is 0 Å². The van der Waals surface area contributed by atoms with E-state index in [1.165, 1.54) is 12.8 Å². The summed E-state index contributed by atoms with van der Waals surface area (Å²) in [5.74, 6) is 0.381. The molecular weight excluding hydrogens is 322 g/mol. The molecule has 0 aromatic heterocycles. The molecule has 0 aliphatic heterocycles. The van der Waals surface area contributed by atoms with E-state index in [1.54, 1.807) is 0 Å². The van der Waals surface area contributed by atoms with E-state index in [0.29, 0.717) is 6.04 Å². The number of halogens is 1. The van der Waals surface area contributed by atoms with Gasteiger partial charge in [0.15, 0.2) is 6.61 Å². The number of ether oxygens (including phenoxy) is 2. The molecule has 2 rings (SSSR count). The maximum Gasteiger partial charge on any atom is 0.344 e. The number of rotatable bonds is 7. The largest absolute Gasteiger partial charge is 0.482 e. The van der Waals surface area contributed by atoms with E-state index in [1.807, 2.05) is 32.0 Å². The lowest BCUT2D eigenvalue weighted by Crippen LogP contribution is -2.20. The lowest BCUT2D eigenvalue weighted by molar-refractivity contribution is -0.149. The summed E-state index contributed by atoms with van der Waals surface area (Å²) in [6, 6.07) is 6.42. The average Bonchev–Trinajstić information content (AvgIpc) is 3.18. The Morgan fingerprint density at radius 3 is 2.85 bits per heavy atom. The number of carbonyl (C=O) groups excluding carboxylic acids is 1. The molecule has 1 aliphatic carbocycles. The van der Waals surface area contributed by atoms with E-state index < -0.39 is 0 Å². The highest BCUT2D eigenvalue weighted by Gasteiger charge is 2.20. The van der Waals surface area contributed by atoms with Gasteiger partial charge >= 0.3 is 5.97 Å². The molecule has 0 radical (unpaired) electrons. The van der Waals surface area contributed by atoms with Gasteiger partial charge in [-0.25, -0.2) is 4.79 Å². The van der Waals surface area contributed by atoms with Crippen LogP contribution in [-0.4, -0.2) is 24.7 Å². The summed E-state index contributed by atoms with van der Waals surface area (Å²) in [4.78, 5) is 11.5. The Hall–Kier alpha value is -1.07. The Bertz CT molecular complexity index is 472. The second-order valence-electron chi connectivity index (χ2n) is 5.23. The fraction of sp³-hybridized carbons (Fsp3) is 0.533. The van der Waals surface area contributed by atoms with Crippen molar-refractivity contribution in [2.75, 3.05) is 6.61 Å². The molecule has 0 bridgehead atoms. The number of nitrogens with one attached hydrogen (secondary N) is 1. The molecule has 110 valence electrons. The van der Waals surface area contributed by atoms with Gasteiger partial charge in [-0.3, -0.25) is 0 Å². The molecule has 1 aliphatic rings. The monoisotopic (exact) mass is 341 g/mol. The first-order valence-corrected chi connectivity index (χ1v) is 7.68. The van der Waals surface area contributed by atoms with Crippen LogP contribution in [0.4, 0.5) is 0 Å². The van der Waals surface area contributed by atoms with Crippen LogP contribution in [0.15, 0.2) is 22.7 Å². The van der Waals surface area contributed by atoms with E-state index in [4.69, 9.17) is 9.47 Å². The predicted molar refractivity (Wildman–Crippen MR) is 80.7 cm³/mol. The third-order valence-electron chi connectivity index (χ3n) is 2.89. The smallest absolute Gasteiger partial charge is 0.344 e. The Morgan fingerprint density at radius 1 is 1.45 bits per heavy atom. The van der Waals surface area contributed by atoms with Gasteiger partial charge in [0.2, 0.25) is 0 Å². The maximum absolute atomic E-state index is 11.5. The number of hydrogen-bond acceptors (Lipinski definition) is 4. The minimum absolute atomic E-state index is 0.0593. The first-order chi connectivity index (χ1) is 9.54. The van der Waals surface area contributed by atoms with Crippen LogP contribution in [0, 0.1) is 0 Å². The summed E-state index contributed by atoms with van der Waals surface area (Å²) in [5, 5.41) is 3.44. The fourth-order valence-corrected chi connectivity index (χ4v) is 2.21. The van der Waals surface area contributed by atoms with Gasteiger partial charge in [0.1, 0.15) is 5.75 Å². The molecule has 1 fully saturated rings. The lowest BCUT2D eigenvalue weighted by Gasteiger charge is -2.13. The molecular formula is C15H20BrNO3. The highest BCUT2D eigenvalue weighted by atomic mass is 79.9. The molecule has 0 unspecified atom stereocenters. The van der Waals surface area contributed by atoms with Crippen molar-refractivity contribution < 1.29 is 14.3 Å². The molecule has 1 aromatic carbocycles. The quantitative estimate of drug-likeness (QED) is 0.774. The van der Waals surface area contributed by atoms with E-state index in [-0.39, 0.29) is 18.7 Å². The number of esters is 1. The van der Waals surface area contributed by atoms with Gasteiger partial charge in [-0.1, -0.05) is 15.9 Å². The molecule has 20 heavy (non-hydrogen) atoms. The zero-order valence-electron chi connectivity index (χ0n) is 11.8. The van der Waals surface area contributed by atoms with Gasteiger partial charge in [-0.05, 0) is 44.9 Å². The highest BCUT2D eigenvalue weighted by molar-refractivity contribution is 9.10. The minimum Gasteiger partial charge on any atom is -0.482 e. The summed E-state index contributed by atoms with van der Waals surface area (Å²) in [6.45, 7) is 4.33. The van der Waals surface area contributed by atoms with Crippen molar-refractivity contribution in [1.29, 1.82) is 0 Å². The molecule has 1 aromatic rings. The predicted octanol–water partition coefficient (Wildman–Crippen LogP) is 3.03. The number of carbonyl (C=O) groups is 1. The van der Waals surface area contributed by atoms with E-state index in [9.17, 15) is 4.79 Å². The number of hydrogen-bond donors (Lipinski definition) is 1. The van der Waals surface area contributed by atoms with Gasteiger partial charge in [-0.15, -0.1) is 0 Å². The fourth-order valence-electron chi connectivity index (χ4n) is 1.80. The summed E-state index contributed by atoms with van der Waals surface area (Å²) in [5.41, 5.74) is 1.05. The number of benzene rings is 1. The van der Waals surface area contributed by atoms with Crippen molar-refractivity contribution in [2.45, 2.75) is 45.4 Å². The minimum atomic E-state index is -0.343. The van der Waals surface area contributed by atoms with Gasteiger partial charge in [0.05, 0.1) is 6.10 Å². The van der Waals surface area contributed by atoms with Crippen LogP contribution in [0.1, 0.15) is 32.3 Å². The van der Waals surface area contributed by atoms with Crippen molar-refractivity contribution in [3.8, 4) is 5.75 Å². The third-order valence-corrected chi connectivity index (χ3v) is 3.39. The van der Waals surface area contributed by atoms with Crippen LogP contribution >= 0.6 is 15.9 Å². The molecule has 5 heteroatoms. The summed E-state index contributed by atoms with van der Waals surface area (Å²) >= 11 is 3.46. The van der Waals surface area contributed by atoms with Crippen molar-refractivity contribution in [3.63, 3.8) is 0 Å². The van der Waals surface area contributed by atoms with Gasteiger partial charge in [-0.2, -0.15) is 0 Å². The molecule has 0 saturated heterocycles. The maximum atomic E-state index is 11.5. The standard InChI is InChI=1S/C15H20BrNO3/c1-10(2)20-15(18)9-19-14-6-3-12(16)7-11(14)8-17-13-4-5-13/h3,6-7,10,13,17H,4-5,8-9H2,1-2H3. The van der Waals surface area contributed by atoms with Crippen LogP contribution in [0.2, 0.25) is 0 Å². The molecule has 0 amide bonds. The van der Waals surface area contributed by atoms with E-state index in [0.717, 1.165) is 22.3 Å². The first kappa shape index (κ1) is 15.3. The Balaban J connectivity index is 1.92. The molecule has 0 atom stereocenters. The van der Waals surface area contributed by atoms with Gasteiger partial charge < -0.3 is 14.8 Å². The average molecular weight is 342 g/mol. The first-order valence-electron chi connectivity index (χ1n) is 6.88. The lowest BCUT2D eigenvalue weighted by atomic mass is 10.2. The Kier molecular flexibility index (Phi) is 5.43. The highest BCUT2D eigenvalue weighted by Crippen LogP contribution is 2.25. The molecule has 1 N–H and O–H groups in total. The van der Waals surface area contributed by atoms with Crippen LogP contribution in [-0.2, 0) is 16.1 Å². The van der Waals surface area contributed by atoms with Crippen LogP contribution < -0.4 is 10.1 Å². The van der Waals surface area contributed by atoms with Crippen molar-refractivity contribution >= 4 is 21.9 Å². The summed E-state index contributed by atoms with van der Waals surface area (Å²) < 4.78 is 11.6. The normalized spacial score (nSPS) is 14.4.